The van der Waals surface area contributed by atoms with Crippen LogP contribution in [0.2, 0.25) is 6.04 Å². The number of aliphatic hydroxyl groups excluding tert-OH is 1. The molecule has 0 saturated carbocycles. The van der Waals surface area contributed by atoms with E-state index in [1.807, 2.05) is 6.92 Å². The Morgan fingerprint density at radius 3 is 1.91 bits per heavy atom. The minimum Gasteiger partial charge on any atom is -0.469 e. The molecule has 194 valence electrons. The molecule has 33 heavy (non-hydrogen) atoms. The monoisotopic (exact) mass is 494 g/mol. The van der Waals surface area contributed by atoms with Crippen molar-refractivity contribution in [2.75, 3.05) is 48.3 Å². The highest BCUT2D eigenvalue weighted by Crippen LogP contribution is 2.41. The lowest BCUT2D eigenvalue weighted by Gasteiger charge is -2.36. The van der Waals surface area contributed by atoms with Crippen molar-refractivity contribution in [2.24, 2.45) is 16.7 Å². The van der Waals surface area contributed by atoms with Crippen molar-refractivity contribution in [3.05, 3.63) is 0 Å². The highest BCUT2D eigenvalue weighted by atomic mass is 28.4. The van der Waals surface area contributed by atoms with Crippen molar-refractivity contribution >= 4 is 26.7 Å². The second kappa shape index (κ2) is 14.7. The first-order valence-electron chi connectivity index (χ1n) is 11.1. The second-order valence-electron chi connectivity index (χ2n) is 8.85. The van der Waals surface area contributed by atoms with Crippen LogP contribution in [0.15, 0.2) is 0 Å². The van der Waals surface area contributed by atoms with E-state index in [4.69, 9.17) is 32.6 Å². The lowest BCUT2D eigenvalue weighted by molar-refractivity contribution is -0.165. The molecule has 0 bridgehead atoms. The molecule has 0 heterocycles. The van der Waals surface area contributed by atoms with E-state index in [2.05, 4.69) is 0 Å². The van der Waals surface area contributed by atoms with E-state index in [-0.39, 0.29) is 32.7 Å². The van der Waals surface area contributed by atoms with E-state index < -0.39 is 43.5 Å². The van der Waals surface area contributed by atoms with Crippen LogP contribution in [0.1, 0.15) is 53.4 Å². The molecule has 10 nitrogen and oxygen atoms in total. The van der Waals surface area contributed by atoms with E-state index in [1.54, 1.807) is 20.8 Å². The minimum atomic E-state index is -2.79. The number of ether oxygens (including phenoxy) is 3. The van der Waals surface area contributed by atoms with Crippen molar-refractivity contribution in [2.45, 2.75) is 59.4 Å². The van der Waals surface area contributed by atoms with Gasteiger partial charge in [0.05, 0.1) is 37.1 Å². The van der Waals surface area contributed by atoms with Gasteiger partial charge in [-0.05, 0) is 46.5 Å². The molecule has 0 fully saturated rings. The summed E-state index contributed by atoms with van der Waals surface area (Å²) in [5, 5.41) is 8.95. The summed E-state index contributed by atoms with van der Waals surface area (Å²) in [7, 11) is 3.05. The van der Waals surface area contributed by atoms with Gasteiger partial charge < -0.3 is 32.6 Å². The molecule has 0 amide bonds. The van der Waals surface area contributed by atoms with E-state index in [0.717, 1.165) is 0 Å². The van der Waals surface area contributed by atoms with Crippen LogP contribution in [0, 0.1) is 16.7 Å². The maximum Gasteiger partial charge on any atom is 0.500 e. The second-order valence-corrected chi connectivity index (χ2v) is 11.9. The number of methoxy groups -OCH3 is 1. The van der Waals surface area contributed by atoms with Gasteiger partial charge in [-0.25, -0.2) is 0 Å². The molecule has 2 atom stereocenters. The van der Waals surface area contributed by atoms with Crippen LogP contribution in [-0.2, 0) is 41.9 Å². The van der Waals surface area contributed by atoms with Crippen molar-refractivity contribution < 1.29 is 47.0 Å². The Hall–Kier alpha value is -1.53. The normalized spacial score (nSPS) is 14.8. The molecule has 0 aromatic heterocycles. The molecule has 11 heteroatoms. The lowest BCUT2D eigenvalue weighted by Crippen LogP contribution is -2.43. The van der Waals surface area contributed by atoms with Crippen LogP contribution >= 0.6 is 0 Å². The molecule has 0 aromatic rings. The van der Waals surface area contributed by atoms with Gasteiger partial charge in [-0.3, -0.25) is 14.4 Å². The third kappa shape index (κ3) is 9.69. The average molecular weight is 495 g/mol. The molecule has 0 aliphatic heterocycles. The summed E-state index contributed by atoms with van der Waals surface area (Å²) in [4.78, 5) is 38.0. The van der Waals surface area contributed by atoms with Crippen LogP contribution in [0.3, 0.4) is 0 Å². The first-order valence-corrected chi connectivity index (χ1v) is 13.0. The fourth-order valence-electron chi connectivity index (χ4n) is 3.90. The summed E-state index contributed by atoms with van der Waals surface area (Å²) in [6, 6.07) is 0.458. The van der Waals surface area contributed by atoms with Crippen LogP contribution in [0.5, 0.6) is 0 Å². The fourth-order valence-corrected chi connectivity index (χ4v) is 5.59. The summed E-state index contributed by atoms with van der Waals surface area (Å²) in [6.45, 7) is 6.51. The highest BCUT2D eigenvalue weighted by Gasteiger charge is 2.46. The first-order chi connectivity index (χ1) is 15.4. The van der Waals surface area contributed by atoms with Crippen LogP contribution in [0.25, 0.3) is 0 Å². The van der Waals surface area contributed by atoms with E-state index in [9.17, 15) is 14.4 Å². The number of aliphatic hydroxyl groups is 1. The van der Waals surface area contributed by atoms with Crippen molar-refractivity contribution in [1.82, 2.24) is 0 Å². The van der Waals surface area contributed by atoms with Crippen LogP contribution in [0.4, 0.5) is 0 Å². The predicted octanol–water partition coefficient (Wildman–Crippen LogP) is 2.35. The summed E-state index contributed by atoms with van der Waals surface area (Å²) in [6.07, 6.45) is 1.16. The van der Waals surface area contributed by atoms with Gasteiger partial charge in [0.25, 0.3) is 0 Å². The zero-order valence-electron chi connectivity index (χ0n) is 21.4. The van der Waals surface area contributed by atoms with Gasteiger partial charge in [-0.1, -0.05) is 6.92 Å². The molecule has 0 aliphatic carbocycles. The topological polar surface area (TPSA) is 127 Å². The van der Waals surface area contributed by atoms with Gasteiger partial charge in [-0.2, -0.15) is 0 Å². The first kappa shape index (κ1) is 31.5. The molecule has 0 radical (unpaired) electrons. The highest BCUT2D eigenvalue weighted by molar-refractivity contribution is 6.60. The average Bonchev–Trinajstić information content (AvgIpc) is 2.80. The SMILES string of the molecule is CCC(CC(C)(CC(C)(C)C(=O)OCCO)C(=O)OCCC[Si](OC)(OC)OC)C(=O)OC. The predicted molar refractivity (Wildman–Crippen MR) is 122 cm³/mol. The zero-order chi connectivity index (χ0) is 25.7. The van der Waals surface area contributed by atoms with Crippen molar-refractivity contribution in [3.8, 4) is 0 Å². The Balaban J connectivity index is 5.53. The van der Waals surface area contributed by atoms with E-state index in [0.29, 0.717) is 18.9 Å². The number of carbonyl (C=O) groups is 3. The van der Waals surface area contributed by atoms with Gasteiger partial charge in [-0.15, -0.1) is 0 Å². The largest absolute Gasteiger partial charge is 0.500 e. The van der Waals surface area contributed by atoms with Gasteiger partial charge in [0.2, 0.25) is 0 Å². The number of carbonyl (C=O) groups excluding carboxylic acids is 3. The number of hydrogen-bond donors (Lipinski definition) is 1. The fraction of sp³-hybridized carbons (Fsp3) is 0.864. The van der Waals surface area contributed by atoms with Crippen LogP contribution < -0.4 is 0 Å². The molecule has 2 unspecified atom stereocenters. The third-order valence-electron chi connectivity index (χ3n) is 5.72. The number of esters is 3. The summed E-state index contributed by atoms with van der Waals surface area (Å²) < 4.78 is 31.7. The molecule has 0 aromatic carbocycles. The minimum absolute atomic E-state index is 0.0868. The van der Waals surface area contributed by atoms with Crippen molar-refractivity contribution in [3.63, 3.8) is 0 Å². The third-order valence-corrected chi connectivity index (χ3v) is 8.55. The Morgan fingerprint density at radius 2 is 1.45 bits per heavy atom. The van der Waals surface area contributed by atoms with Gasteiger partial charge in [0.15, 0.2) is 0 Å². The Labute approximate surface area is 198 Å². The zero-order valence-corrected chi connectivity index (χ0v) is 22.4. The van der Waals surface area contributed by atoms with Gasteiger partial charge in [0.1, 0.15) is 6.61 Å². The Bertz CT molecular complexity index is 612. The van der Waals surface area contributed by atoms with E-state index >= 15 is 0 Å². The molecule has 1 N–H and O–H groups in total. The van der Waals surface area contributed by atoms with E-state index in [1.165, 1.54) is 28.4 Å². The Morgan fingerprint density at radius 1 is 0.909 bits per heavy atom. The molecule has 0 aliphatic rings. The molecular formula is C22H42O10Si. The quantitative estimate of drug-likeness (QED) is 0.139. The summed E-state index contributed by atoms with van der Waals surface area (Å²) in [5.41, 5.74) is -2.21. The molecule has 0 spiro atoms. The lowest BCUT2D eigenvalue weighted by atomic mass is 9.69. The number of hydrogen-bond acceptors (Lipinski definition) is 10. The Kier molecular flexibility index (Phi) is 14.0. The maximum absolute atomic E-state index is 13.2. The summed E-state index contributed by atoms with van der Waals surface area (Å²) >= 11 is 0. The number of rotatable bonds is 17. The maximum atomic E-state index is 13.2. The smallest absolute Gasteiger partial charge is 0.469 e. The summed E-state index contributed by atoms with van der Waals surface area (Å²) in [5.74, 6) is -2.02. The van der Waals surface area contributed by atoms with Crippen molar-refractivity contribution in [1.29, 1.82) is 0 Å². The molecular weight excluding hydrogens is 452 g/mol. The standard InChI is InChI=1S/C22H42O10Si/c1-9-17(18(24)27-5)15-22(4,16-21(2,3)19(25)32-13-11-23)20(26)31-12-10-14-33(28-6,29-7)30-8/h17,23H,9-16H2,1-8H3. The van der Waals surface area contributed by atoms with Crippen LogP contribution in [-0.4, -0.2) is 80.1 Å². The van der Waals surface area contributed by atoms with Gasteiger partial charge >= 0.3 is 26.7 Å². The van der Waals surface area contributed by atoms with Gasteiger partial charge in [0, 0.05) is 27.4 Å². The molecule has 0 rings (SSSR count). The molecule has 0 saturated heterocycles.